The van der Waals surface area contributed by atoms with Crippen molar-refractivity contribution in [2.45, 2.75) is 32.0 Å². The Morgan fingerprint density at radius 2 is 1.86 bits per heavy atom. The number of fused-ring (bicyclic) bond motifs is 1. The van der Waals surface area contributed by atoms with Crippen LogP contribution in [0.4, 0.5) is 19.0 Å². The number of carbonyl (C=O) groups is 1. The summed E-state index contributed by atoms with van der Waals surface area (Å²) in [6.07, 6.45) is 0.0452. The fourth-order valence-corrected chi connectivity index (χ4v) is 4.84. The summed E-state index contributed by atoms with van der Waals surface area (Å²) in [5, 5.41) is 7.86. The van der Waals surface area contributed by atoms with Gasteiger partial charge in [-0.25, -0.2) is 9.50 Å². The zero-order chi connectivity index (χ0) is 25.3. The number of rotatable bonds is 5. The highest BCUT2D eigenvalue weighted by Gasteiger charge is 2.35. The van der Waals surface area contributed by atoms with Gasteiger partial charge >= 0.3 is 6.18 Å². The van der Waals surface area contributed by atoms with E-state index in [9.17, 15) is 18.0 Å². The van der Waals surface area contributed by atoms with E-state index in [0.717, 1.165) is 36.2 Å². The molecule has 36 heavy (non-hydrogen) atoms. The van der Waals surface area contributed by atoms with E-state index in [0.29, 0.717) is 30.2 Å². The molecule has 0 radical (unpaired) electrons. The number of benzene rings is 1. The Kier molecular flexibility index (Phi) is 6.38. The largest absolute Gasteiger partial charge is 0.417 e. The molecule has 6 nitrogen and oxygen atoms in total. The first kappa shape index (κ1) is 23.8. The van der Waals surface area contributed by atoms with Crippen LogP contribution in [0, 0.1) is 5.92 Å². The molecule has 3 aromatic heterocycles. The van der Waals surface area contributed by atoms with E-state index in [1.165, 1.54) is 6.07 Å². The number of hydrogen-bond acceptors (Lipinski definition) is 4. The number of likely N-dealkylation sites (tertiary alicyclic amines) is 1. The maximum Gasteiger partial charge on any atom is 0.417 e. The van der Waals surface area contributed by atoms with Crippen LogP contribution < -0.4 is 5.32 Å². The zero-order valence-corrected chi connectivity index (χ0v) is 19.7. The van der Waals surface area contributed by atoms with Crippen LogP contribution in [0.15, 0.2) is 73.1 Å². The molecule has 1 aliphatic rings. The van der Waals surface area contributed by atoms with Gasteiger partial charge in [0.15, 0.2) is 0 Å². The first-order valence-corrected chi connectivity index (χ1v) is 11.9. The zero-order valence-electron chi connectivity index (χ0n) is 19.7. The number of hydrogen-bond donors (Lipinski definition) is 1. The van der Waals surface area contributed by atoms with E-state index >= 15 is 0 Å². The van der Waals surface area contributed by atoms with Crippen molar-refractivity contribution in [1.29, 1.82) is 0 Å². The molecule has 2 atom stereocenters. The van der Waals surface area contributed by atoms with Crippen molar-refractivity contribution in [2.75, 3.05) is 18.4 Å². The second kappa shape index (κ2) is 9.64. The quantitative estimate of drug-likeness (QED) is 0.384. The summed E-state index contributed by atoms with van der Waals surface area (Å²) < 4.78 is 40.4. The first-order chi connectivity index (χ1) is 17.3. The molecule has 5 rings (SSSR count). The Hall–Kier alpha value is -3.88. The molecule has 1 aliphatic heterocycles. The number of anilines is 1. The van der Waals surface area contributed by atoms with Crippen molar-refractivity contribution in [3.8, 4) is 11.3 Å². The highest BCUT2D eigenvalue weighted by molar-refractivity contribution is 6.06. The molecule has 1 N–H and O–H groups in total. The van der Waals surface area contributed by atoms with E-state index < -0.39 is 11.7 Å². The molecule has 0 unspecified atom stereocenters. The molecular formula is C27H26F3N5O. The van der Waals surface area contributed by atoms with Gasteiger partial charge in [-0.15, -0.1) is 0 Å². The van der Waals surface area contributed by atoms with Gasteiger partial charge in [0.1, 0.15) is 11.5 Å². The number of pyridine rings is 2. The number of piperidine rings is 1. The molecule has 0 saturated carbocycles. The predicted molar refractivity (Wildman–Crippen MR) is 132 cm³/mol. The third kappa shape index (κ3) is 4.65. The van der Waals surface area contributed by atoms with Crippen molar-refractivity contribution in [2.24, 2.45) is 5.92 Å². The SMILES string of the molecule is C[C@@H]1CCCN(C(=O)c2c(-c3ccccc3)nn3ccccc23)[C@@H]1CNc1ccc(C(F)(F)F)cn1. The van der Waals surface area contributed by atoms with Crippen molar-refractivity contribution in [1.82, 2.24) is 19.5 Å². The standard InChI is InChI=1S/C27H26F3N5O/c1-18-8-7-14-34(22(18)17-32-23-13-12-20(16-31-23)27(28,29)30)26(36)24-21-11-5-6-15-35(21)33-25(24)19-9-3-2-4-10-19/h2-6,9-13,15-16,18,22H,7-8,14,17H2,1H3,(H,31,32)/t18-,22-/m1/s1. The Labute approximate surface area is 206 Å². The van der Waals surface area contributed by atoms with E-state index in [1.54, 1.807) is 4.52 Å². The van der Waals surface area contributed by atoms with Gasteiger partial charge in [-0.3, -0.25) is 4.79 Å². The Morgan fingerprint density at radius 3 is 2.58 bits per heavy atom. The molecule has 9 heteroatoms. The highest BCUT2D eigenvalue weighted by Crippen LogP contribution is 2.32. The lowest BCUT2D eigenvalue weighted by Crippen LogP contribution is -2.51. The van der Waals surface area contributed by atoms with E-state index in [2.05, 4.69) is 17.2 Å². The number of aromatic nitrogens is 3. The molecule has 1 fully saturated rings. The normalized spacial score (nSPS) is 18.4. The lowest BCUT2D eigenvalue weighted by Gasteiger charge is -2.40. The monoisotopic (exact) mass is 493 g/mol. The number of alkyl halides is 3. The summed E-state index contributed by atoms with van der Waals surface area (Å²) in [5.41, 5.74) is 1.97. The van der Waals surface area contributed by atoms with Crippen LogP contribution >= 0.6 is 0 Å². The van der Waals surface area contributed by atoms with E-state index in [-0.39, 0.29) is 17.9 Å². The van der Waals surface area contributed by atoms with Crippen molar-refractivity contribution >= 4 is 17.2 Å². The maximum absolute atomic E-state index is 14.1. The summed E-state index contributed by atoms with van der Waals surface area (Å²) in [7, 11) is 0. The summed E-state index contributed by atoms with van der Waals surface area (Å²) in [4.78, 5) is 19.9. The summed E-state index contributed by atoms with van der Waals surface area (Å²) >= 11 is 0. The number of halogens is 3. The smallest absolute Gasteiger partial charge is 0.368 e. The fraction of sp³-hybridized carbons (Fsp3) is 0.296. The highest BCUT2D eigenvalue weighted by atomic mass is 19.4. The minimum absolute atomic E-state index is 0.103. The second-order valence-corrected chi connectivity index (χ2v) is 9.12. The number of amides is 1. The Bertz CT molecular complexity index is 1350. The van der Waals surface area contributed by atoms with Gasteiger partial charge < -0.3 is 10.2 Å². The maximum atomic E-state index is 14.1. The molecule has 0 bridgehead atoms. The van der Waals surface area contributed by atoms with Gasteiger partial charge in [0, 0.05) is 31.0 Å². The molecular weight excluding hydrogens is 467 g/mol. The van der Waals surface area contributed by atoms with Gasteiger partial charge in [-0.2, -0.15) is 18.3 Å². The van der Waals surface area contributed by atoms with Crippen molar-refractivity contribution in [3.05, 3.63) is 84.2 Å². The molecule has 4 heterocycles. The first-order valence-electron chi connectivity index (χ1n) is 11.9. The third-order valence-corrected chi connectivity index (χ3v) is 6.76. The molecule has 0 aliphatic carbocycles. The molecule has 186 valence electrons. The Morgan fingerprint density at radius 1 is 1.08 bits per heavy atom. The van der Waals surface area contributed by atoms with E-state index in [1.807, 2.05) is 59.6 Å². The van der Waals surface area contributed by atoms with Gasteiger partial charge in [0.2, 0.25) is 0 Å². The fourth-order valence-electron chi connectivity index (χ4n) is 4.84. The van der Waals surface area contributed by atoms with Crippen LogP contribution in [0.2, 0.25) is 0 Å². The minimum Gasteiger partial charge on any atom is -0.368 e. The minimum atomic E-state index is -4.43. The lowest BCUT2D eigenvalue weighted by atomic mass is 9.89. The van der Waals surface area contributed by atoms with Crippen LogP contribution in [0.25, 0.3) is 16.8 Å². The van der Waals surface area contributed by atoms with Crippen LogP contribution in [0.1, 0.15) is 35.7 Å². The van der Waals surface area contributed by atoms with Crippen molar-refractivity contribution in [3.63, 3.8) is 0 Å². The number of nitrogens with zero attached hydrogens (tertiary/aromatic N) is 4. The molecule has 1 amide bonds. The van der Waals surface area contributed by atoms with Crippen LogP contribution in [-0.4, -0.2) is 44.5 Å². The van der Waals surface area contributed by atoms with Gasteiger partial charge in [-0.1, -0.05) is 43.3 Å². The molecule has 1 saturated heterocycles. The van der Waals surface area contributed by atoms with Crippen molar-refractivity contribution < 1.29 is 18.0 Å². The van der Waals surface area contributed by atoms with Gasteiger partial charge in [-0.05, 0) is 43.0 Å². The summed E-state index contributed by atoms with van der Waals surface area (Å²) in [6.45, 7) is 3.07. The Balaban J connectivity index is 1.44. The summed E-state index contributed by atoms with van der Waals surface area (Å²) in [6, 6.07) is 17.4. The van der Waals surface area contributed by atoms with Crippen LogP contribution in [0.5, 0.6) is 0 Å². The molecule has 0 spiro atoms. The van der Waals surface area contributed by atoms with Crippen LogP contribution in [-0.2, 0) is 6.18 Å². The lowest BCUT2D eigenvalue weighted by molar-refractivity contribution is -0.137. The predicted octanol–water partition coefficient (Wildman–Crippen LogP) is 5.77. The molecule has 1 aromatic carbocycles. The average molecular weight is 494 g/mol. The van der Waals surface area contributed by atoms with Gasteiger partial charge in [0.25, 0.3) is 5.91 Å². The second-order valence-electron chi connectivity index (χ2n) is 9.12. The third-order valence-electron chi connectivity index (χ3n) is 6.76. The molecule has 4 aromatic rings. The summed E-state index contributed by atoms with van der Waals surface area (Å²) in [5.74, 6) is 0.439. The topological polar surface area (TPSA) is 62.5 Å². The average Bonchev–Trinajstić information content (AvgIpc) is 3.27. The van der Waals surface area contributed by atoms with E-state index in [4.69, 9.17) is 5.10 Å². The van der Waals surface area contributed by atoms with Gasteiger partial charge in [0.05, 0.1) is 22.7 Å². The number of carbonyl (C=O) groups excluding carboxylic acids is 1. The van der Waals surface area contributed by atoms with Crippen LogP contribution in [0.3, 0.4) is 0 Å². The number of nitrogens with one attached hydrogen (secondary N) is 1.